The van der Waals surface area contributed by atoms with Crippen molar-refractivity contribution in [1.82, 2.24) is 5.32 Å². The molecule has 3 rings (SSSR count). The zero-order valence-electron chi connectivity index (χ0n) is 11.6. The number of hydrogen-bond donors (Lipinski definition) is 2. The standard InChI is InChI=1S/C16H22FNO2/c17-12-6-7-13-14(4-2-8-20-16(13)9-12)18-10-11-3-1-5-15(11)19/h6-7,9,11,14-15,18-19H,1-5,8,10H2. The normalized spacial score (nSPS) is 29.6. The van der Waals surface area contributed by atoms with E-state index in [9.17, 15) is 9.50 Å². The van der Waals surface area contributed by atoms with E-state index in [0.717, 1.165) is 44.2 Å². The van der Waals surface area contributed by atoms with Gasteiger partial charge < -0.3 is 15.2 Å². The molecule has 1 aromatic carbocycles. The number of aliphatic hydroxyl groups excluding tert-OH is 1. The fourth-order valence-electron chi connectivity index (χ4n) is 3.31. The summed E-state index contributed by atoms with van der Waals surface area (Å²) >= 11 is 0. The quantitative estimate of drug-likeness (QED) is 0.894. The summed E-state index contributed by atoms with van der Waals surface area (Å²) in [5.74, 6) is 0.755. The summed E-state index contributed by atoms with van der Waals surface area (Å²) in [7, 11) is 0. The summed E-state index contributed by atoms with van der Waals surface area (Å²) in [6.07, 6.45) is 4.90. The number of nitrogens with one attached hydrogen (secondary N) is 1. The second-order valence-corrected chi connectivity index (χ2v) is 5.89. The van der Waals surface area contributed by atoms with Gasteiger partial charge in [-0.1, -0.05) is 12.5 Å². The molecule has 1 aliphatic heterocycles. The molecule has 0 amide bonds. The molecule has 2 N–H and O–H groups in total. The maximum Gasteiger partial charge on any atom is 0.126 e. The topological polar surface area (TPSA) is 41.5 Å². The molecular formula is C16H22FNO2. The summed E-state index contributed by atoms with van der Waals surface area (Å²) in [5, 5.41) is 13.4. The first-order chi connectivity index (χ1) is 9.74. The van der Waals surface area contributed by atoms with Gasteiger partial charge in [0.2, 0.25) is 0 Å². The molecule has 0 aromatic heterocycles. The van der Waals surface area contributed by atoms with E-state index < -0.39 is 0 Å². The number of fused-ring (bicyclic) bond motifs is 1. The average molecular weight is 279 g/mol. The van der Waals surface area contributed by atoms with Gasteiger partial charge >= 0.3 is 0 Å². The van der Waals surface area contributed by atoms with Crippen molar-refractivity contribution in [3.63, 3.8) is 0 Å². The molecule has 3 unspecified atom stereocenters. The van der Waals surface area contributed by atoms with E-state index in [2.05, 4.69) is 5.32 Å². The van der Waals surface area contributed by atoms with Gasteiger partial charge in [-0.3, -0.25) is 0 Å². The molecule has 1 saturated carbocycles. The molecule has 3 nitrogen and oxygen atoms in total. The van der Waals surface area contributed by atoms with Crippen LogP contribution in [0.25, 0.3) is 0 Å². The Labute approximate surface area is 119 Å². The third-order valence-electron chi connectivity index (χ3n) is 4.49. The van der Waals surface area contributed by atoms with Crippen LogP contribution in [0.15, 0.2) is 18.2 Å². The van der Waals surface area contributed by atoms with Gasteiger partial charge in [0.05, 0.1) is 12.7 Å². The largest absolute Gasteiger partial charge is 0.493 e. The van der Waals surface area contributed by atoms with Gasteiger partial charge in [-0.25, -0.2) is 4.39 Å². The third-order valence-corrected chi connectivity index (χ3v) is 4.49. The second-order valence-electron chi connectivity index (χ2n) is 5.89. The van der Waals surface area contributed by atoms with Crippen LogP contribution in [0.1, 0.15) is 43.7 Å². The Morgan fingerprint density at radius 3 is 2.95 bits per heavy atom. The Balaban J connectivity index is 1.70. The zero-order valence-corrected chi connectivity index (χ0v) is 11.6. The van der Waals surface area contributed by atoms with Crippen molar-refractivity contribution in [2.24, 2.45) is 5.92 Å². The minimum atomic E-state index is -0.254. The van der Waals surface area contributed by atoms with Crippen molar-refractivity contribution in [2.75, 3.05) is 13.2 Å². The van der Waals surface area contributed by atoms with Crippen LogP contribution in [0.3, 0.4) is 0 Å². The third kappa shape index (κ3) is 2.96. The molecule has 4 heteroatoms. The maximum absolute atomic E-state index is 13.3. The highest BCUT2D eigenvalue weighted by Crippen LogP contribution is 2.33. The maximum atomic E-state index is 13.3. The Morgan fingerprint density at radius 1 is 1.25 bits per heavy atom. The van der Waals surface area contributed by atoms with Crippen molar-refractivity contribution >= 4 is 0 Å². The first-order valence-electron chi connectivity index (χ1n) is 7.58. The van der Waals surface area contributed by atoms with Gasteiger partial charge in [0.1, 0.15) is 11.6 Å². The summed E-state index contributed by atoms with van der Waals surface area (Å²) in [6, 6.07) is 4.98. The van der Waals surface area contributed by atoms with Gasteiger partial charge in [-0.05, 0) is 37.7 Å². The lowest BCUT2D eigenvalue weighted by atomic mass is 10.00. The number of ether oxygens (including phenoxy) is 1. The van der Waals surface area contributed by atoms with Gasteiger partial charge in [0.15, 0.2) is 0 Å². The van der Waals surface area contributed by atoms with E-state index in [1.165, 1.54) is 12.1 Å². The molecule has 0 saturated heterocycles. The number of benzene rings is 1. The molecular weight excluding hydrogens is 257 g/mol. The smallest absolute Gasteiger partial charge is 0.126 e. The molecule has 20 heavy (non-hydrogen) atoms. The Bertz CT molecular complexity index is 466. The Kier molecular flexibility index (Phi) is 4.22. The molecule has 0 bridgehead atoms. The second kappa shape index (κ2) is 6.10. The lowest BCUT2D eigenvalue weighted by Crippen LogP contribution is -2.30. The minimum Gasteiger partial charge on any atom is -0.493 e. The molecule has 3 atom stereocenters. The highest BCUT2D eigenvalue weighted by Gasteiger charge is 2.27. The lowest BCUT2D eigenvalue weighted by molar-refractivity contribution is 0.129. The van der Waals surface area contributed by atoms with E-state index in [-0.39, 0.29) is 18.0 Å². The van der Waals surface area contributed by atoms with Crippen LogP contribution in [0.2, 0.25) is 0 Å². The fraction of sp³-hybridized carbons (Fsp3) is 0.625. The van der Waals surface area contributed by atoms with E-state index in [1.807, 2.05) is 6.07 Å². The van der Waals surface area contributed by atoms with E-state index in [1.54, 1.807) is 0 Å². The first kappa shape index (κ1) is 13.8. The summed E-state index contributed by atoms with van der Waals surface area (Å²) in [6.45, 7) is 1.46. The molecule has 1 aromatic rings. The van der Waals surface area contributed by atoms with Gasteiger partial charge in [0, 0.05) is 24.2 Å². The van der Waals surface area contributed by atoms with Crippen molar-refractivity contribution in [3.05, 3.63) is 29.6 Å². The first-order valence-corrected chi connectivity index (χ1v) is 7.58. The van der Waals surface area contributed by atoms with Crippen LogP contribution in [0.5, 0.6) is 5.75 Å². The fourth-order valence-corrected chi connectivity index (χ4v) is 3.31. The van der Waals surface area contributed by atoms with Crippen LogP contribution in [0, 0.1) is 11.7 Å². The lowest BCUT2D eigenvalue weighted by Gasteiger charge is -2.22. The van der Waals surface area contributed by atoms with Crippen molar-refractivity contribution in [3.8, 4) is 5.75 Å². The predicted octanol–water partition coefficient (Wildman–Crippen LogP) is 2.79. The molecule has 2 aliphatic rings. The Hall–Kier alpha value is -1.13. The van der Waals surface area contributed by atoms with E-state index in [0.29, 0.717) is 18.3 Å². The van der Waals surface area contributed by atoms with Crippen LogP contribution < -0.4 is 10.1 Å². The molecule has 0 spiro atoms. The Morgan fingerprint density at radius 2 is 2.15 bits per heavy atom. The number of rotatable bonds is 3. The molecule has 110 valence electrons. The number of hydrogen-bond acceptors (Lipinski definition) is 3. The highest BCUT2D eigenvalue weighted by atomic mass is 19.1. The average Bonchev–Trinajstić information content (AvgIpc) is 2.73. The van der Waals surface area contributed by atoms with Gasteiger partial charge in [-0.2, -0.15) is 0 Å². The molecule has 0 radical (unpaired) electrons. The van der Waals surface area contributed by atoms with Crippen molar-refractivity contribution < 1.29 is 14.2 Å². The summed E-state index contributed by atoms with van der Waals surface area (Å²) in [4.78, 5) is 0. The minimum absolute atomic E-state index is 0.169. The van der Waals surface area contributed by atoms with E-state index >= 15 is 0 Å². The van der Waals surface area contributed by atoms with Crippen molar-refractivity contribution in [2.45, 2.75) is 44.2 Å². The highest BCUT2D eigenvalue weighted by molar-refractivity contribution is 5.37. The van der Waals surface area contributed by atoms with Crippen LogP contribution in [0.4, 0.5) is 4.39 Å². The van der Waals surface area contributed by atoms with Crippen LogP contribution >= 0.6 is 0 Å². The molecule has 1 fully saturated rings. The summed E-state index contributed by atoms with van der Waals surface area (Å²) < 4.78 is 18.9. The van der Waals surface area contributed by atoms with Crippen molar-refractivity contribution in [1.29, 1.82) is 0 Å². The molecule has 1 aliphatic carbocycles. The molecule has 1 heterocycles. The monoisotopic (exact) mass is 279 g/mol. The van der Waals surface area contributed by atoms with Crippen LogP contribution in [-0.4, -0.2) is 24.4 Å². The van der Waals surface area contributed by atoms with Gasteiger partial charge in [0.25, 0.3) is 0 Å². The zero-order chi connectivity index (χ0) is 13.9. The number of halogens is 1. The predicted molar refractivity (Wildman–Crippen MR) is 75.2 cm³/mol. The summed E-state index contributed by atoms with van der Waals surface area (Å²) in [5.41, 5.74) is 1.04. The number of aliphatic hydroxyl groups is 1. The SMILES string of the molecule is OC1CCCC1CNC1CCCOc2cc(F)ccc21. The van der Waals surface area contributed by atoms with Gasteiger partial charge in [-0.15, -0.1) is 0 Å². The van der Waals surface area contributed by atoms with E-state index in [4.69, 9.17) is 4.74 Å². The van der Waals surface area contributed by atoms with Crippen LogP contribution in [-0.2, 0) is 0 Å².